The van der Waals surface area contributed by atoms with Crippen molar-refractivity contribution < 1.29 is 4.79 Å². The minimum Gasteiger partial charge on any atom is -0.299 e. The van der Waals surface area contributed by atoms with E-state index in [9.17, 15) is 4.79 Å². The number of ketones is 1. The highest BCUT2D eigenvalue weighted by Gasteiger charge is 2.30. The van der Waals surface area contributed by atoms with Gasteiger partial charge in [-0.05, 0) is 24.2 Å². The number of carbonyl (C=O) groups is 1. The maximum Gasteiger partial charge on any atom is 0.136 e. The number of carbonyl (C=O) groups excluding carboxylic acids is 1. The van der Waals surface area contributed by atoms with Gasteiger partial charge in [-0.3, -0.25) is 4.79 Å². The molecule has 0 spiro atoms. The van der Waals surface area contributed by atoms with E-state index < -0.39 is 0 Å². The Hall–Kier alpha value is -0.330. The molecule has 0 saturated heterocycles. The van der Waals surface area contributed by atoms with Crippen LogP contribution in [-0.4, -0.2) is 5.78 Å². The molecule has 1 aliphatic rings. The summed E-state index contributed by atoms with van der Waals surface area (Å²) < 4.78 is 0. The van der Waals surface area contributed by atoms with Gasteiger partial charge in [0.2, 0.25) is 0 Å². The minimum absolute atomic E-state index is 0.158. The third-order valence-corrected chi connectivity index (χ3v) is 3.38. The fourth-order valence-corrected chi connectivity index (χ4v) is 2.28. The Morgan fingerprint density at radius 3 is 2.38 bits per heavy atom. The molecule has 0 aromatic carbocycles. The van der Waals surface area contributed by atoms with E-state index in [0.717, 1.165) is 18.8 Å². The lowest BCUT2D eigenvalue weighted by atomic mass is 9.82. The van der Waals surface area contributed by atoms with E-state index in [2.05, 4.69) is 27.7 Å². The van der Waals surface area contributed by atoms with Crippen molar-refractivity contribution in [1.82, 2.24) is 0 Å². The maximum absolute atomic E-state index is 12.2. The zero-order valence-electron chi connectivity index (χ0n) is 11.5. The van der Waals surface area contributed by atoms with Crippen LogP contribution in [0.4, 0.5) is 0 Å². The molecule has 1 aliphatic carbocycles. The van der Waals surface area contributed by atoms with Gasteiger partial charge in [-0.2, -0.15) is 0 Å². The van der Waals surface area contributed by atoms with Crippen LogP contribution < -0.4 is 0 Å². The van der Waals surface area contributed by atoms with Crippen molar-refractivity contribution in [2.24, 2.45) is 17.3 Å². The SMILES string of the molecule is CCCCC(CC1CC1)C(=O)CC(C)(C)C. The quantitative estimate of drug-likeness (QED) is 0.617. The summed E-state index contributed by atoms with van der Waals surface area (Å²) in [4.78, 5) is 12.2. The van der Waals surface area contributed by atoms with Crippen LogP contribution in [0.1, 0.15) is 72.6 Å². The lowest BCUT2D eigenvalue weighted by molar-refractivity contribution is -0.125. The van der Waals surface area contributed by atoms with E-state index in [1.165, 1.54) is 32.1 Å². The molecule has 0 amide bonds. The van der Waals surface area contributed by atoms with Gasteiger partial charge in [0.15, 0.2) is 0 Å². The molecule has 1 fully saturated rings. The van der Waals surface area contributed by atoms with Crippen LogP contribution in [0.2, 0.25) is 0 Å². The van der Waals surface area contributed by atoms with E-state index in [4.69, 9.17) is 0 Å². The summed E-state index contributed by atoms with van der Waals surface area (Å²) >= 11 is 0. The average Bonchev–Trinajstić information content (AvgIpc) is 2.92. The molecule has 0 aromatic heterocycles. The van der Waals surface area contributed by atoms with Crippen molar-refractivity contribution in [3.8, 4) is 0 Å². The number of hydrogen-bond acceptors (Lipinski definition) is 1. The van der Waals surface area contributed by atoms with Gasteiger partial charge in [-0.25, -0.2) is 0 Å². The monoisotopic (exact) mass is 224 g/mol. The van der Waals surface area contributed by atoms with Crippen molar-refractivity contribution in [1.29, 1.82) is 0 Å². The molecule has 1 heteroatoms. The highest BCUT2D eigenvalue weighted by molar-refractivity contribution is 5.81. The summed E-state index contributed by atoms with van der Waals surface area (Å²) in [6.45, 7) is 8.71. The summed E-state index contributed by atoms with van der Waals surface area (Å²) in [6.07, 6.45) is 8.22. The smallest absolute Gasteiger partial charge is 0.136 e. The molecule has 0 radical (unpaired) electrons. The molecule has 1 nitrogen and oxygen atoms in total. The van der Waals surface area contributed by atoms with E-state index in [1.807, 2.05) is 0 Å². The first-order valence-electron chi connectivity index (χ1n) is 6.95. The van der Waals surface area contributed by atoms with E-state index in [-0.39, 0.29) is 5.41 Å². The molecule has 94 valence electrons. The largest absolute Gasteiger partial charge is 0.299 e. The predicted octanol–water partition coefficient (Wildman–Crippen LogP) is 4.60. The Bertz CT molecular complexity index is 220. The second kappa shape index (κ2) is 5.84. The molecule has 0 bridgehead atoms. The summed E-state index contributed by atoms with van der Waals surface area (Å²) in [6, 6.07) is 0. The molecule has 0 aromatic rings. The zero-order valence-corrected chi connectivity index (χ0v) is 11.5. The van der Waals surface area contributed by atoms with Gasteiger partial charge >= 0.3 is 0 Å². The van der Waals surface area contributed by atoms with Crippen LogP contribution in [0.5, 0.6) is 0 Å². The van der Waals surface area contributed by atoms with Crippen molar-refractivity contribution in [3.05, 3.63) is 0 Å². The molecule has 1 rings (SSSR count). The first-order chi connectivity index (χ1) is 7.42. The van der Waals surface area contributed by atoms with Crippen LogP contribution >= 0.6 is 0 Å². The van der Waals surface area contributed by atoms with Crippen LogP contribution in [-0.2, 0) is 4.79 Å². The standard InChI is InChI=1S/C15H28O/c1-5-6-7-13(10-12-8-9-12)14(16)11-15(2,3)4/h12-13H,5-11H2,1-4H3. The third-order valence-electron chi connectivity index (χ3n) is 3.38. The molecular weight excluding hydrogens is 196 g/mol. The summed E-state index contributed by atoms with van der Waals surface area (Å²) in [5.74, 6) is 1.77. The van der Waals surface area contributed by atoms with Crippen LogP contribution in [0, 0.1) is 17.3 Å². The second-order valence-corrected chi connectivity index (χ2v) is 6.72. The molecular formula is C15H28O. The highest BCUT2D eigenvalue weighted by Crippen LogP contribution is 2.38. The van der Waals surface area contributed by atoms with Gasteiger partial charge < -0.3 is 0 Å². The van der Waals surface area contributed by atoms with Crippen molar-refractivity contribution in [2.45, 2.75) is 72.6 Å². The van der Waals surface area contributed by atoms with E-state index in [1.54, 1.807) is 0 Å². The van der Waals surface area contributed by atoms with Crippen LogP contribution in [0.25, 0.3) is 0 Å². The van der Waals surface area contributed by atoms with Crippen molar-refractivity contribution >= 4 is 5.78 Å². The fraction of sp³-hybridized carbons (Fsp3) is 0.933. The van der Waals surface area contributed by atoms with Gasteiger partial charge in [0.25, 0.3) is 0 Å². The molecule has 1 atom stereocenters. The lowest BCUT2D eigenvalue weighted by Gasteiger charge is -2.22. The molecule has 0 heterocycles. The van der Waals surface area contributed by atoms with E-state index in [0.29, 0.717) is 11.7 Å². The first kappa shape index (κ1) is 13.7. The number of unbranched alkanes of at least 4 members (excludes halogenated alkanes) is 1. The maximum atomic E-state index is 12.2. The molecule has 16 heavy (non-hydrogen) atoms. The van der Waals surface area contributed by atoms with Crippen LogP contribution in [0.3, 0.4) is 0 Å². The Balaban J connectivity index is 2.42. The molecule has 1 saturated carbocycles. The lowest BCUT2D eigenvalue weighted by Crippen LogP contribution is -2.21. The topological polar surface area (TPSA) is 17.1 Å². The number of hydrogen-bond donors (Lipinski definition) is 0. The van der Waals surface area contributed by atoms with Gasteiger partial charge in [0, 0.05) is 12.3 Å². The second-order valence-electron chi connectivity index (χ2n) is 6.72. The fourth-order valence-electron chi connectivity index (χ4n) is 2.28. The van der Waals surface area contributed by atoms with Crippen molar-refractivity contribution in [3.63, 3.8) is 0 Å². The normalized spacial score (nSPS) is 18.5. The van der Waals surface area contributed by atoms with Crippen molar-refractivity contribution in [2.75, 3.05) is 0 Å². The minimum atomic E-state index is 0.158. The highest BCUT2D eigenvalue weighted by atomic mass is 16.1. The molecule has 0 N–H and O–H groups in total. The Morgan fingerprint density at radius 1 is 1.31 bits per heavy atom. The zero-order chi connectivity index (χ0) is 12.2. The van der Waals surface area contributed by atoms with Gasteiger partial charge in [0.05, 0.1) is 0 Å². The summed E-state index contributed by atoms with van der Waals surface area (Å²) in [5.41, 5.74) is 0.158. The predicted molar refractivity (Wildman–Crippen MR) is 69.4 cm³/mol. The van der Waals surface area contributed by atoms with E-state index >= 15 is 0 Å². The Labute approximate surface area is 101 Å². The summed E-state index contributed by atoms with van der Waals surface area (Å²) in [7, 11) is 0. The summed E-state index contributed by atoms with van der Waals surface area (Å²) in [5, 5.41) is 0. The third kappa shape index (κ3) is 5.67. The van der Waals surface area contributed by atoms with Crippen LogP contribution in [0.15, 0.2) is 0 Å². The average molecular weight is 224 g/mol. The number of Topliss-reactive ketones (excluding diaryl/α,β-unsaturated/α-hetero) is 1. The molecule has 0 aliphatic heterocycles. The van der Waals surface area contributed by atoms with Gasteiger partial charge in [-0.1, -0.05) is 53.4 Å². The van der Waals surface area contributed by atoms with Gasteiger partial charge in [-0.15, -0.1) is 0 Å². The Morgan fingerprint density at radius 2 is 1.94 bits per heavy atom. The van der Waals surface area contributed by atoms with Gasteiger partial charge in [0.1, 0.15) is 5.78 Å². The molecule has 1 unspecified atom stereocenters. The number of rotatable bonds is 7. The Kier molecular flexibility index (Phi) is 5.01. The first-order valence-corrected chi connectivity index (χ1v) is 6.95.